The second-order valence-electron chi connectivity index (χ2n) is 2.98. The van der Waals surface area contributed by atoms with E-state index in [0.717, 1.165) is 0 Å². The van der Waals surface area contributed by atoms with E-state index >= 15 is 0 Å². The number of pyridine rings is 1. The molecule has 1 aromatic heterocycles. The Morgan fingerprint density at radius 2 is 2.00 bits per heavy atom. The van der Waals surface area contributed by atoms with E-state index in [1.54, 1.807) is 0 Å². The van der Waals surface area contributed by atoms with Gasteiger partial charge in [0.1, 0.15) is 5.69 Å². The van der Waals surface area contributed by atoms with Gasteiger partial charge in [0.2, 0.25) is 0 Å². The van der Waals surface area contributed by atoms with Gasteiger partial charge in [-0.2, -0.15) is 18.4 Å². The van der Waals surface area contributed by atoms with E-state index < -0.39 is 40.4 Å². The zero-order chi connectivity index (χ0) is 13.2. The van der Waals surface area contributed by atoms with Gasteiger partial charge in [-0.15, -0.1) is 0 Å². The Kier molecular flexibility index (Phi) is 4.03. The summed E-state index contributed by atoms with van der Waals surface area (Å²) in [6.07, 6.45) is -8.43. The molecular weight excluding hydrogens is 311 g/mol. The number of halogens is 6. The highest BCUT2D eigenvalue weighted by atomic mass is 79.9. The van der Waals surface area contributed by atoms with Crippen LogP contribution in [-0.4, -0.2) is 4.98 Å². The average molecular weight is 315 g/mol. The lowest BCUT2D eigenvalue weighted by atomic mass is 10.1. The van der Waals surface area contributed by atoms with Crippen LogP contribution >= 0.6 is 15.9 Å². The van der Waals surface area contributed by atoms with Crippen LogP contribution in [0, 0.1) is 11.3 Å². The first-order chi connectivity index (χ1) is 7.77. The van der Waals surface area contributed by atoms with Crippen molar-refractivity contribution in [1.82, 2.24) is 4.98 Å². The Labute approximate surface area is 101 Å². The van der Waals surface area contributed by atoms with Gasteiger partial charge < -0.3 is 0 Å². The molecule has 0 aliphatic rings. The maximum absolute atomic E-state index is 12.6. The highest BCUT2D eigenvalue weighted by Gasteiger charge is 2.37. The number of hydrogen-bond acceptors (Lipinski definition) is 2. The van der Waals surface area contributed by atoms with Crippen molar-refractivity contribution < 1.29 is 22.0 Å². The van der Waals surface area contributed by atoms with Crippen molar-refractivity contribution in [2.45, 2.75) is 19.0 Å². The number of nitrogens with zero attached hydrogens (tertiary/aromatic N) is 2. The lowest BCUT2D eigenvalue weighted by molar-refractivity contribution is -0.139. The second-order valence-corrected chi connectivity index (χ2v) is 3.84. The van der Waals surface area contributed by atoms with Crippen molar-refractivity contribution in [2.24, 2.45) is 0 Å². The molecule has 92 valence electrons. The van der Waals surface area contributed by atoms with E-state index in [0.29, 0.717) is 6.07 Å². The Morgan fingerprint density at radius 1 is 1.41 bits per heavy atom. The van der Waals surface area contributed by atoms with Crippen molar-refractivity contribution in [3.63, 3.8) is 0 Å². The fraction of sp³-hybridized carbons (Fsp3) is 0.333. The van der Waals surface area contributed by atoms with E-state index in [2.05, 4.69) is 20.9 Å². The molecule has 0 aliphatic carbocycles. The van der Waals surface area contributed by atoms with E-state index in [9.17, 15) is 22.0 Å². The molecule has 0 unspecified atom stereocenters. The highest BCUT2D eigenvalue weighted by molar-refractivity contribution is 9.10. The summed E-state index contributed by atoms with van der Waals surface area (Å²) in [4.78, 5) is 3.17. The second kappa shape index (κ2) is 4.96. The van der Waals surface area contributed by atoms with Gasteiger partial charge in [-0.1, -0.05) is 15.9 Å². The molecule has 0 bridgehead atoms. The van der Waals surface area contributed by atoms with Crippen LogP contribution in [0.3, 0.4) is 0 Å². The predicted octanol–water partition coefficient (Wildman–Crippen LogP) is 3.87. The van der Waals surface area contributed by atoms with E-state index in [4.69, 9.17) is 5.26 Å². The van der Waals surface area contributed by atoms with Gasteiger partial charge in [0.15, 0.2) is 0 Å². The third-order valence-electron chi connectivity index (χ3n) is 1.82. The van der Waals surface area contributed by atoms with Gasteiger partial charge in [0.05, 0.1) is 23.7 Å². The number of alkyl halides is 5. The van der Waals surface area contributed by atoms with E-state index in [-0.39, 0.29) is 0 Å². The Balaban J connectivity index is 3.45. The molecule has 0 saturated carbocycles. The largest absolute Gasteiger partial charge is 0.419 e. The number of hydrogen-bond donors (Lipinski definition) is 0. The van der Waals surface area contributed by atoms with Crippen molar-refractivity contribution in [3.8, 4) is 6.07 Å². The first-order valence-electron chi connectivity index (χ1n) is 4.19. The first kappa shape index (κ1) is 13.8. The molecular formula is C9H4BrF5N2. The quantitative estimate of drug-likeness (QED) is 0.777. The first-order valence-corrected chi connectivity index (χ1v) is 4.98. The molecule has 1 aromatic rings. The molecule has 0 N–H and O–H groups in total. The normalized spacial score (nSPS) is 11.6. The monoisotopic (exact) mass is 314 g/mol. The minimum atomic E-state index is -4.75. The highest BCUT2D eigenvalue weighted by Crippen LogP contribution is 2.38. The van der Waals surface area contributed by atoms with E-state index in [1.165, 1.54) is 6.07 Å². The third-order valence-corrected chi connectivity index (χ3v) is 2.45. The molecule has 0 fully saturated rings. The maximum Gasteiger partial charge on any atom is 0.419 e. The van der Waals surface area contributed by atoms with Gasteiger partial charge in [-0.3, -0.25) is 4.98 Å². The lowest BCUT2D eigenvalue weighted by Gasteiger charge is -2.13. The van der Waals surface area contributed by atoms with Crippen LogP contribution in [0.15, 0.2) is 10.5 Å². The SMILES string of the molecule is N#CCc1nc(C(F)F)cc(Br)c1C(F)(F)F. The van der Waals surface area contributed by atoms with Gasteiger partial charge >= 0.3 is 6.18 Å². The van der Waals surface area contributed by atoms with Gasteiger partial charge in [0.25, 0.3) is 6.43 Å². The molecule has 0 amide bonds. The maximum atomic E-state index is 12.6. The van der Waals surface area contributed by atoms with Crippen LogP contribution in [0.2, 0.25) is 0 Å². The molecule has 8 heteroatoms. The summed E-state index contributed by atoms with van der Waals surface area (Å²) in [5.74, 6) is 0. The zero-order valence-electron chi connectivity index (χ0n) is 8.02. The topological polar surface area (TPSA) is 36.7 Å². The number of rotatable bonds is 2. The summed E-state index contributed by atoms with van der Waals surface area (Å²) in [6, 6.07) is 2.07. The summed E-state index contributed by atoms with van der Waals surface area (Å²) < 4.78 is 62.0. The minimum Gasteiger partial charge on any atom is -0.250 e. The van der Waals surface area contributed by atoms with Crippen molar-refractivity contribution in [3.05, 3.63) is 27.5 Å². The summed E-state index contributed by atoms with van der Waals surface area (Å²) in [7, 11) is 0. The van der Waals surface area contributed by atoms with Crippen LogP contribution in [0.4, 0.5) is 22.0 Å². The molecule has 0 aliphatic heterocycles. The third kappa shape index (κ3) is 3.12. The van der Waals surface area contributed by atoms with Crippen molar-refractivity contribution >= 4 is 15.9 Å². The minimum absolute atomic E-state index is 0.541. The Hall–Kier alpha value is -1.23. The average Bonchev–Trinajstić information content (AvgIpc) is 2.14. The molecule has 0 atom stereocenters. The molecule has 1 rings (SSSR count). The summed E-state index contributed by atoms with van der Waals surface area (Å²) in [6.45, 7) is 0. The fourth-order valence-electron chi connectivity index (χ4n) is 1.20. The molecule has 1 heterocycles. The molecule has 0 aromatic carbocycles. The van der Waals surface area contributed by atoms with Gasteiger partial charge in [0, 0.05) is 4.47 Å². The van der Waals surface area contributed by atoms with E-state index in [1.807, 2.05) is 0 Å². The lowest BCUT2D eigenvalue weighted by Crippen LogP contribution is -2.13. The van der Waals surface area contributed by atoms with Crippen molar-refractivity contribution in [1.29, 1.82) is 5.26 Å². The summed E-state index contributed by atoms with van der Waals surface area (Å²) in [5, 5.41) is 8.37. The van der Waals surface area contributed by atoms with Crippen LogP contribution in [0.25, 0.3) is 0 Å². The van der Waals surface area contributed by atoms with Gasteiger partial charge in [-0.05, 0) is 6.07 Å². The van der Waals surface area contributed by atoms with Crippen molar-refractivity contribution in [2.75, 3.05) is 0 Å². The summed E-state index contributed by atoms with van der Waals surface area (Å²) >= 11 is 2.57. The van der Waals surface area contributed by atoms with Crippen LogP contribution in [0.5, 0.6) is 0 Å². The molecule has 0 radical (unpaired) electrons. The molecule has 0 spiro atoms. The zero-order valence-corrected chi connectivity index (χ0v) is 9.61. The van der Waals surface area contributed by atoms with Crippen LogP contribution < -0.4 is 0 Å². The number of aromatic nitrogens is 1. The Bertz CT molecular complexity index is 464. The Morgan fingerprint density at radius 3 is 2.41 bits per heavy atom. The molecule has 17 heavy (non-hydrogen) atoms. The van der Waals surface area contributed by atoms with Gasteiger partial charge in [-0.25, -0.2) is 8.78 Å². The summed E-state index contributed by atoms with van der Waals surface area (Å²) in [5.41, 5.74) is -2.69. The standard InChI is InChI=1S/C9H4BrF5N2/c10-4-3-6(8(11)12)17-5(1-2-16)7(4)9(13,14)15/h3,8H,1H2. The molecule has 2 nitrogen and oxygen atoms in total. The predicted molar refractivity (Wildman–Crippen MR) is 51.2 cm³/mol. The molecule has 0 saturated heterocycles. The smallest absolute Gasteiger partial charge is 0.250 e. The number of nitriles is 1. The van der Waals surface area contributed by atoms with Crippen LogP contribution in [-0.2, 0) is 12.6 Å². The van der Waals surface area contributed by atoms with Crippen LogP contribution in [0.1, 0.15) is 23.4 Å². The fourth-order valence-corrected chi connectivity index (χ4v) is 1.89.